The summed E-state index contributed by atoms with van der Waals surface area (Å²) < 4.78 is 0. The molecular formula is C11H22N2S. The molecule has 1 aliphatic rings. The van der Waals surface area contributed by atoms with Crippen LogP contribution in [0.5, 0.6) is 0 Å². The molecule has 0 aromatic heterocycles. The van der Waals surface area contributed by atoms with Crippen LogP contribution in [0, 0.1) is 0 Å². The Morgan fingerprint density at radius 3 is 3.00 bits per heavy atom. The number of nitrogens with two attached hydrogens (primary N) is 1. The summed E-state index contributed by atoms with van der Waals surface area (Å²) in [6, 6.07) is 0. The maximum absolute atomic E-state index is 5.86. The van der Waals surface area contributed by atoms with E-state index < -0.39 is 0 Å². The van der Waals surface area contributed by atoms with Crippen LogP contribution in [0.25, 0.3) is 0 Å². The third-order valence-corrected chi connectivity index (χ3v) is 4.09. The predicted octanol–water partition coefficient (Wildman–Crippen LogP) is 1.77. The zero-order valence-electron chi connectivity index (χ0n) is 9.09. The van der Waals surface area contributed by atoms with Crippen LogP contribution < -0.4 is 11.1 Å². The number of thioether (sulfide) groups is 1. The van der Waals surface area contributed by atoms with Gasteiger partial charge in [0.15, 0.2) is 0 Å². The largest absolute Gasteiger partial charge is 0.329 e. The number of rotatable bonds is 5. The topological polar surface area (TPSA) is 38.0 Å². The van der Waals surface area contributed by atoms with Crippen molar-refractivity contribution in [1.29, 1.82) is 0 Å². The fraction of sp³-hybridized carbons (Fsp3) is 0.818. The van der Waals surface area contributed by atoms with E-state index in [2.05, 4.69) is 24.4 Å². The van der Waals surface area contributed by atoms with Gasteiger partial charge in [-0.1, -0.05) is 12.2 Å². The molecule has 0 aliphatic carbocycles. The van der Waals surface area contributed by atoms with Crippen LogP contribution in [0.2, 0.25) is 0 Å². The average molecular weight is 214 g/mol. The van der Waals surface area contributed by atoms with E-state index >= 15 is 0 Å². The summed E-state index contributed by atoms with van der Waals surface area (Å²) in [6.07, 6.45) is 7.97. The van der Waals surface area contributed by atoms with Gasteiger partial charge in [0.05, 0.1) is 0 Å². The van der Waals surface area contributed by atoms with Crippen molar-refractivity contribution in [2.75, 3.05) is 24.6 Å². The van der Waals surface area contributed by atoms with Crippen LogP contribution in [0.1, 0.15) is 26.2 Å². The summed E-state index contributed by atoms with van der Waals surface area (Å²) in [7, 11) is 0. The molecule has 3 N–H and O–H groups in total. The van der Waals surface area contributed by atoms with Crippen LogP contribution in [-0.4, -0.2) is 30.1 Å². The highest BCUT2D eigenvalue weighted by Crippen LogP contribution is 2.25. The van der Waals surface area contributed by atoms with Gasteiger partial charge in [0.2, 0.25) is 0 Å². The van der Waals surface area contributed by atoms with Crippen molar-refractivity contribution in [3.05, 3.63) is 12.2 Å². The molecule has 1 heterocycles. The van der Waals surface area contributed by atoms with Crippen LogP contribution in [0.3, 0.4) is 0 Å². The van der Waals surface area contributed by atoms with Gasteiger partial charge in [0, 0.05) is 17.8 Å². The normalized spacial score (nSPS) is 28.4. The maximum Gasteiger partial charge on any atom is 0.0395 e. The first kappa shape index (κ1) is 12.1. The molecule has 1 fully saturated rings. The molecule has 0 amide bonds. The third kappa shape index (κ3) is 3.64. The first-order valence-corrected chi connectivity index (χ1v) is 6.62. The number of nitrogens with one attached hydrogen (secondary N) is 1. The Kier molecular flexibility index (Phi) is 5.60. The van der Waals surface area contributed by atoms with Crippen LogP contribution >= 0.6 is 11.8 Å². The van der Waals surface area contributed by atoms with Gasteiger partial charge >= 0.3 is 0 Å². The van der Waals surface area contributed by atoms with Crippen molar-refractivity contribution >= 4 is 11.8 Å². The molecule has 1 rings (SSSR count). The van der Waals surface area contributed by atoms with Crippen molar-refractivity contribution in [2.24, 2.45) is 5.73 Å². The molecule has 0 radical (unpaired) electrons. The maximum atomic E-state index is 5.86. The summed E-state index contributed by atoms with van der Waals surface area (Å²) in [5.41, 5.74) is 6.09. The fourth-order valence-electron chi connectivity index (χ4n) is 1.81. The Labute approximate surface area is 91.7 Å². The minimum absolute atomic E-state index is 0.227. The Balaban J connectivity index is 2.28. The van der Waals surface area contributed by atoms with Gasteiger partial charge in [-0.15, -0.1) is 0 Å². The summed E-state index contributed by atoms with van der Waals surface area (Å²) in [5.74, 6) is 2.48. The lowest BCUT2D eigenvalue weighted by molar-refractivity contribution is 0.341. The molecule has 0 saturated carbocycles. The standard InChI is InChI=1S/C11H22N2S/c1-2-3-4-7-13-11(9-12)6-5-8-14-10-11/h2-3,13H,4-10,12H2,1H3/b3-2+. The molecule has 1 atom stereocenters. The van der Waals surface area contributed by atoms with Gasteiger partial charge in [-0.25, -0.2) is 0 Å². The Morgan fingerprint density at radius 1 is 1.57 bits per heavy atom. The van der Waals surface area contributed by atoms with Gasteiger partial charge in [0.25, 0.3) is 0 Å². The highest BCUT2D eigenvalue weighted by molar-refractivity contribution is 7.99. The molecular weight excluding hydrogens is 192 g/mol. The van der Waals surface area contributed by atoms with E-state index in [0.717, 1.165) is 19.5 Å². The molecule has 0 aromatic rings. The van der Waals surface area contributed by atoms with E-state index in [-0.39, 0.29) is 5.54 Å². The smallest absolute Gasteiger partial charge is 0.0395 e. The van der Waals surface area contributed by atoms with Crippen molar-refractivity contribution < 1.29 is 0 Å². The highest BCUT2D eigenvalue weighted by atomic mass is 32.2. The number of hydrogen-bond donors (Lipinski definition) is 2. The monoisotopic (exact) mass is 214 g/mol. The summed E-state index contributed by atoms with van der Waals surface area (Å²) in [6.45, 7) is 3.90. The Hall–Kier alpha value is 0.0100. The van der Waals surface area contributed by atoms with Gasteiger partial charge in [-0.3, -0.25) is 0 Å². The molecule has 2 nitrogen and oxygen atoms in total. The quantitative estimate of drug-likeness (QED) is 0.541. The second kappa shape index (κ2) is 6.49. The molecule has 1 saturated heterocycles. The minimum atomic E-state index is 0.227. The zero-order chi connectivity index (χ0) is 10.3. The molecule has 0 bridgehead atoms. The molecule has 0 aromatic carbocycles. The van der Waals surface area contributed by atoms with Crippen molar-refractivity contribution in [3.8, 4) is 0 Å². The van der Waals surface area contributed by atoms with Gasteiger partial charge < -0.3 is 11.1 Å². The van der Waals surface area contributed by atoms with Crippen molar-refractivity contribution in [2.45, 2.75) is 31.7 Å². The second-order valence-corrected chi connectivity index (χ2v) is 5.03. The molecule has 1 unspecified atom stereocenters. The van der Waals surface area contributed by atoms with E-state index in [4.69, 9.17) is 5.73 Å². The first-order chi connectivity index (χ1) is 6.83. The molecule has 3 heteroatoms. The molecule has 82 valence electrons. The van der Waals surface area contributed by atoms with E-state index in [1.807, 2.05) is 11.8 Å². The first-order valence-electron chi connectivity index (χ1n) is 5.47. The highest BCUT2D eigenvalue weighted by Gasteiger charge is 2.29. The van der Waals surface area contributed by atoms with E-state index in [1.165, 1.54) is 24.3 Å². The molecule has 14 heavy (non-hydrogen) atoms. The number of allylic oxidation sites excluding steroid dienone is 1. The lowest BCUT2D eigenvalue weighted by atomic mass is 9.95. The second-order valence-electron chi connectivity index (χ2n) is 3.93. The fourth-order valence-corrected chi connectivity index (χ4v) is 3.06. The molecule has 0 spiro atoms. The molecule has 1 aliphatic heterocycles. The van der Waals surface area contributed by atoms with E-state index in [0.29, 0.717) is 0 Å². The summed E-state index contributed by atoms with van der Waals surface area (Å²) in [5, 5.41) is 3.62. The number of hydrogen-bond acceptors (Lipinski definition) is 3. The van der Waals surface area contributed by atoms with Crippen LogP contribution in [-0.2, 0) is 0 Å². The summed E-state index contributed by atoms with van der Waals surface area (Å²) in [4.78, 5) is 0. The Bertz CT molecular complexity index is 174. The van der Waals surface area contributed by atoms with Crippen molar-refractivity contribution in [1.82, 2.24) is 5.32 Å². The van der Waals surface area contributed by atoms with E-state index in [1.54, 1.807) is 0 Å². The SMILES string of the molecule is C/C=C/CCNC1(CN)CCCSC1. The zero-order valence-corrected chi connectivity index (χ0v) is 9.91. The van der Waals surface area contributed by atoms with Crippen LogP contribution in [0.15, 0.2) is 12.2 Å². The predicted molar refractivity (Wildman–Crippen MR) is 65.8 cm³/mol. The lowest BCUT2D eigenvalue weighted by Crippen LogP contribution is -2.55. The average Bonchev–Trinajstić information content (AvgIpc) is 2.26. The third-order valence-electron chi connectivity index (χ3n) is 2.76. The Morgan fingerprint density at radius 2 is 2.43 bits per heavy atom. The van der Waals surface area contributed by atoms with Gasteiger partial charge in [0.1, 0.15) is 0 Å². The minimum Gasteiger partial charge on any atom is -0.329 e. The van der Waals surface area contributed by atoms with E-state index in [9.17, 15) is 0 Å². The summed E-state index contributed by atoms with van der Waals surface area (Å²) >= 11 is 2.03. The van der Waals surface area contributed by atoms with Gasteiger partial charge in [-0.2, -0.15) is 11.8 Å². The lowest BCUT2D eigenvalue weighted by Gasteiger charge is -2.36. The van der Waals surface area contributed by atoms with Crippen molar-refractivity contribution in [3.63, 3.8) is 0 Å². The van der Waals surface area contributed by atoms with Gasteiger partial charge in [-0.05, 0) is 38.5 Å². The van der Waals surface area contributed by atoms with Crippen LogP contribution in [0.4, 0.5) is 0 Å².